The number of hydrogen-bond donors (Lipinski definition) is 3. The van der Waals surface area contributed by atoms with E-state index in [4.69, 9.17) is 10.9 Å². The van der Waals surface area contributed by atoms with Gasteiger partial charge in [-0.3, -0.25) is 9.59 Å². The second-order valence-electron chi connectivity index (χ2n) is 5.05. The second kappa shape index (κ2) is 4.47. The monoisotopic (exact) mass is 254 g/mol. The maximum absolute atomic E-state index is 12.1. The standard InChI is InChI=1S/C11H18N4O3/c1-15-6-7(2-3-8(15)16)13-10(17)11(4-5-11)9(12)14-18/h7,18H,2-6H2,1H3,(H2,12,14)(H,13,17). The maximum Gasteiger partial charge on any atom is 0.234 e. The van der Waals surface area contributed by atoms with Crippen LogP contribution in [0.25, 0.3) is 0 Å². The normalized spacial score (nSPS) is 26.9. The summed E-state index contributed by atoms with van der Waals surface area (Å²) in [5, 5.41) is 14.5. The van der Waals surface area contributed by atoms with Gasteiger partial charge in [-0.1, -0.05) is 5.16 Å². The van der Waals surface area contributed by atoms with Crippen LogP contribution in [0.15, 0.2) is 5.16 Å². The van der Waals surface area contributed by atoms with E-state index in [0.29, 0.717) is 32.2 Å². The van der Waals surface area contributed by atoms with Crippen molar-refractivity contribution < 1.29 is 14.8 Å². The van der Waals surface area contributed by atoms with E-state index in [1.54, 1.807) is 11.9 Å². The van der Waals surface area contributed by atoms with E-state index in [1.165, 1.54) is 0 Å². The Kier molecular flexibility index (Phi) is 3.14. The predicted octanol–water partition coefficient (Wildman–Crippen LogP) is -0.750. The molecule has 2 fully saturated rings. The van der Waals surface area contributed by atoms with Gasteiger partial charge in [0.1, 0.15) is 5.41 Å². The minimum Gasteiger partial charge on any atom is -0.409 e. The molecule has 0 spiro atoms. The minimum atomic E-state index is -0.825. The number of nitrogens with two attached hydrogens (primary N) is 1. The first-order chi connectivity index (χ1) is 8.49. The molecule has 7 nitrogen and oxygen atoms in total. The second-order valence-corrected chi connectivity index (χ2v) is 5.05. The number of amides is 2. The average molecular weight is 254 g/mol. The topological polar surface area (TPSA) is 108 Å². The largest absolute Gasteiger partial charge is 0.409 e. The third kappa shape index (κ3) is 2.12. The Labute approximate surface area is 105 Å². The van der Waals surface area contributed by atoms with Gasteiger partial charge in [0, 0.05) is 26.1 Å². The molecule has 0 radical (unpaired) electrons. The Morgan fingerprint density at radius 3 is 2.78 bits per heavy atom. The predicted molar refractivity (Wildman–Crippen MR) is 63.9 cm³/mol. The number of likely N-dealkylation sites (N-methyl/N-ethyl adjacent to an activating group) is 1. The number of amidine groups is 1. The number of nitrogens with one attached hydrogen (secondary N) is 1. The quantitative estimate of drug-likeness (QED) is 0.266. The lowest BCUT2D eigenvalue weighted by Crippen LogP contribution is -2.52. The van der Waals surface area contributed by atoms with Crippen LogP contribution in [0.4, 0.5) is 0 Å². The van der Waals surface area contributed by atoms with Crippen molar-refractivity contribution in [1.82, 2.24) is 10.2 Å². The summed E-state index contributed by atoms with van der Waals surface area (Å²) in [5.74, 6) is -0.135. The molecule has 2 amide bonds. The fraction of sp³-hybridized carbons (Fsp3) is 0.727. The first kappa shape index (κ1) is 12.7. The van der Waals surface area contributed by atoms with Crippen LogP contribution >= 0.6 is 0 Å². The highest BCUT2D eigenvalue weighted by Crippen LogP contribution is 2.46. The lowest BCUT2D eigenvalue weighted by atomic mass is 10.0. The van der Waals surface area contributed by atoms with Crippen molar-refractivity contribution in [2.45, 2.75) is 31.7 Å². The molecule has 7 heteroatoms. The highest BCUT2D eigenvalue weighted by molar-refractivity contribution is 6.09. The van der Waals surface area contributed by atoms with E-state index in [1.807, 2.05) is 0 Å². The Morgan fingerprint density at radius 2 is 2.28 bits per heavy atom. The van der Waals surface area contributed by atoms with Gasteiger partial charge in [-0.25, -0.2) is 0 Å². The number of carbonyl (C=O) groups excluding carboxylic acids is 2. The van der Waals surface area contributed by atoms with Crippen LogP contribution in [0.1, 0.15) is 25.7 Å². The number of hydrogen-bond acceptors (Lipinski definition) is 4. The third-order valence-electron chi connectivity index (χ3n) is 3.74. The zero-order chi connectivity index (χ0) is 13.3. The Bertz CT molecular complexity index is 403. The molecule has 2 rings (SSSR count). The molecule has 0 aromatic rings. The molecule has 4 N–H and O–H groups in total. The van der Waals surface area contributed by atoms with Crippen molar-refractivity contribution in [3.05, 3.63) is 0 Å². The summed E-state index contributed by atoms with van der Waals surface area (Å²) in [7, 11) is 1.72. The highest BCUT2D eigenvalue weighted by Gasteiger charge is 2.54. The Hall–Kier alpha value is -1.79. The number of carbonyl (C=O) groups is 2. The van der Waals surface area contributed by atoms with Gasteiger partial charge in [0.25, 0.3) is 0 Å². The molecule has 2 aliphatic rings. The van der Waals surface area contributed by atoms with E-state index >= 15 is 0 Å². The lowest BCUT2D eigenvalue weighted by molar-refractivity contribution is -0.134. The molecule has 1 atom stereocenters. The molecule has 0 aromatic heterocycles. The van der Waals surface area contributed by atoms with E-state index < -0.39 is 5.41 Å². The fourth-order valence-electron chi connectivity index (χ4n) is 2.27. The van der Waals surface area contributed by atoms with Gasteiger partial charge in [0.15, 0.2) is 5.84 Å². The van der Waals surface area contributed by atoms with Crippen molar-refractivity contribution in [2.75, 3.05) is 13.6 Å². The van der Waals surface area contributed by atoms with E-state index in [9.17, 15) is 9.59 Å². The molecule has 1 aliphatic carbocycles. The number of likely N-dealkylation sites (tertiary alicyclic amines) is 1. The zero-order valence-electron chi connectivity index (χ0n) is 10.3. The van der Waals surface area contributed by atoms with Crippen LogP contribution in [0, 0.1) is 5.41 Å². The summed E-state index contributed by atoms with van der Waals surface area (Å²) in [6.45, 7) is 0.511. The smallest absolute Gasteiger partial charge is 0.234 e. The molecule has 0 aromatic carbocycles. The zero-order valence-corrected chi connectivity index (χ0v) is 10.3. The van der Waals surface area contributed by atoms with Crippen molar-refractivity contribution in [2.24, 2.45) is 16.3 Å². The van der Waals surface area contributed by atoms with Crippen molar-refractivity contribution in [3.8, 4) is 0 Å². The van der Waals surface area contributed by atoms with Crippen LogP contribution in [0.5, 0.6) is 0 Å². The molecule has 1 unspecified atom stereocenters. The number of rotatable bonds is 3. The molecule has 1 aliphatic heterocycles. The Balaban J connectivity index is 1.95. The Morgan fingerprint density at radius 1 is 1.61 bits per heavy atom. The summed E-state index contributed by atoms with van der Waals surface area (Å²) in [4.78, 5) is 25.0. The molecular weight excluding hydrogens is 236 g/mol. The van der Waals surface area contributed by atoms with Gasteiger partial charge < -0.3 is 21.2 Å². The summed E-state index contributed by atoms with van der Waals surface area (Å²) < 4.78 is 0. The molecule has 0 bridgehead atoms. The molecule has 18 heavy (non-hydrogen) atoms. The van der Waals surface area contributed by atoms with E-state index in [-0.39, 0.29) is 23.7 Å². The summed E-state index contributed by atoms with van der Waals surface area (Å²) in [5.41, 5.74) is 4.72. The van der Waals surface area contributed by atoms with Gasteiger partial charge in [0.2, 0.25) is 11.8 Å². The van der Waals surface area contributed by atoms with Crippen molar-refractivity contribution >= 4 is 17.6 Å². The van der Waals surface area contributed by atoms with Gasteiger partial charge in [-0.05, 0) is 19.3 Å². The van der Waals surface area contributed by atoms with Crippen LogP contribution in [0.3, 0.4) is 0 Å². The van der Waals surface area contributed by atoms with Crippen LogP contribution in [-0.2, 0) is 9.59 Å². The van der Waals surface area contributed by atoms with Gasteiger partial charge in [-0.2, -0.15) is 0 Å². The van der Waals surface area contributed by atoms with E-state index in [2.05, 4.69) is 10.5 Å². The molecule has 100 valence electrons. The summed E-state index contributed by atoms with van der Waals surface area (Å²) >= 11 is 0. The van der Waals surface area contributed by atoms with Crippen LogP contribution < -0.4 is 11.1 Å². The van der Waals surface area contributed by atoms with Gasteiger partial charge in [0.05, 0.1) is 0 Å². The van der Waals surface area contributed by atoms with Crippen molar-refractivity contribution in [3.63, 3.8) is 0 Å². The van der Waals surface area contributed by atoms with Crippen LogP contribution in [0.2, 0.25) is 0 Å². The van der Waals surface area contributed by atoms with Gasteiger partial charge >= 0.3 is 0 Å². The lowest BCUT2D eigenvalue weighted by Gasteiger charge is -2.31. The first-order valence-electron chi connectivity index (χ1n) is 6.02. The number of nitrogens with zero attached hydrogens (tertiary/aromatic N) is 2. The minimum absolute atomic E-state index is 0.0276. The van der Waals surface area contributed by atoms with E-state index in [0.717, 1.165) is 0 Å². The van der Waals surface area contributed by atoms with Crippen LogP contribution in [-0.4, -0.2) is 47.4 Å². The first-order valence-corrected chi connectivity index (χ1v) is 6.02. The SMILES string of the molecule is CN1CC(NC(=O)C2(C(N)=NO)CC2)CCC1=O. The number of oxime groups is 1. The maximum atomic E-state index is 12.1. The summed E-state index contributed by atoms with van der Waals surface area (Å²) in [6.07, 6.45) is 2.30. The van der Waals surface area contributed by atoms with Gasteiger partial charge in [-0.15, -0.1) is 0 Å². The highest BCUT2D eigenvalue weighted by atomic mass is 16.4. The number of piperidine rings is 1. The molecule has 1 heterocycles. The molecule has 1 saturated heterocycles. The fourth-order valence-corrected chi connectivity index (χ4v) is 2.27. The molecular formula is C11H18N4O3. The van der Waals surface area contributed by atoms with Crippen molar-refractivity contribution in [1.29, 1.82) is 0 Å². The third-order valence-corrected chi connectivity index (χ3v) is 3.74. The molecule has 1 saturated carbocycles. The average Bonchev–Trinajstić information content (AvgIpc) is 3.14. The summed E-state index contributed by atoms with van der Waals surface area (Å²) in [6, 6.07) is -0.0517.